The molecule has 98 valence electrons. The molecule has 2 aromatic rings. The Labute approximate surface area is 121 Å². The SMILES string of the molecule is COc1cccc(CC(=O)c2cc(Cl)cc(Cl)c2)c1. The summed E-state index contributed by atoms with van der Waals surface area (Å²) >= 11 is 11.8. The van der Waals surface area contributed by atoms with Crippen LogP contribution in [0.5, 0.6) is 5.75 Å². The Morgan fingerprint density at radius 3 is 2.42 bits per heavy atom. The molecule has 0 saturated heterocycles. The summed E-state index contributed by atoms with van der Waals surface area (Å²) in [7, 11) is 1.59. The molecule has 0 aliphatic carbocycles. The lowest BCUT2D eigenvalue weighted by Crippen LogP contribution is -2.03. The summed E-state index contributed by atoms with van der Waals surface area (Å²) in [5.41, 5.74) is 1.40. The molecule has 0 aliphatic rings. The first kappa shape index (κ1) is 13.9. The van der Waals surface area contributed by atoms with Crippen LogP contribution in [0.2, 0.25) is 10.0 Å². The number of halogens is 2. The molecule has 0 N–H and O–H groups in total. The summed E-state index contributed by atoms with van der Waals surface area (Å²) < 4.78 is 5.13. The van der Waals surface area contributed by atoms with Crippen molar-refractivity contribution in [1.82, 2.24) is 0 Å². The van der Waals surface area contributed by atoms with Gasteiger partial charge < -0.3 is 4.74 Å². The first-order valence-corrected chi connectivity index (χ1v) is 6.46. The highest BCUT2D eigenvalue weighted by Crippen LogP contribution is 2.21. The van der Waals surface area contributed by atoms with Crippen LogP contribution in [0.25, 0.3) is 0 Å². The Bertz CT molecular complexity index is 589. The van der Waals surface area contributed by atoms with Gasteiger partial charge in [0.1, 0.15) is 5.75 Å². The van der Waals surface area contributed by atoms with E-state index in [-0.39, 0.29) is 12.2 Å². The maximum absolute atomic E-state index is 12.2. The van der Waals surface area contributed by atoms with E-state index >= 15 is 0 Å². The van der Waals surface area contributed by atoms with Gasteiger partial charge in [0.05, 0.1) is 7.11 Å². The lowest BCUT2D eigenvalue weighted by Gasteiger charge is -2.05. The minimum atomic E-state index is -0.0300. The van der Waals surface area contributed by atoms with E-state index in [4.69, 9.17) is 27.9 Å². The number of benzene rings is 2. The molecular weight excluding hydrogens is 283 g/mol. The third-order valence-electron chi connectivity index (χ3n) is 2.68. The van der Waals surface area contributed by atoms with Gasteiger partial charge in [0.2, 0.25) is 0 Å². The molecule has 4 heteroatoms. The van der Waals surface area contributed by atoms with E-state index in [2.05, 4.69) is 0 Å². The van der Waals surface area contributed by atoms with Gasteiger partial charge in [-0.1, -0.05) is 35.3 Å². The summed E-state index contributed by atoms with van der Waals surface area (Å²) in [6.45, 7) is 0. The van der Waals surface area contributed by atoms with Crippen LogP contribution in [-0.2, 0) is 6.42 Å². The van der Waals surface area contributed by atoms with Crippen molar-refractivity contribution in [2.75, 3.05) is 7.11 Å². The molecular formula is C15H12Cl2O2. The third-order valence-corrected chi connectivity index (χ3v) is 3.12. The zero-order valence-electron chi connectivity index (χ0n) is 10.3. The molecule has 0 atom stereocenters. The second-order valence-corrected chi connectivity index (χ2v) is 4.98. The van der Waals surface area contributed by atoms with E-state index in [1.807, 2.05) is 24.3 Å². The first-order valence-electron chi connectivity index (χ1n) is 5.70. The fourth-order valence-electron chi connectivity index (χ4n) is 1.78. The zero-order valence-corrected chi connectivity index (χ0v) is 11.8. The highest BCUT2D eigenvalue weighted by Gasteiger charge is 2.09. The molecule has 0 radical (unpaired) electrons. The van der Waals surface area contributed by atoms with Crippen LogP contribution in [0.1, 0.15) is 15.9 Å². The number of methoxy groups -OCH3 is 1. The van der Waals surface area contributed by atoms with Gasteiger partial charge >= 0.3 is 0 Å². The predicted octanol–water partition coefficient (Wildman–Crippen LogP) is 4.43. The number of rotatable bonds is 4. The molecule has 2 aromatic carbocycles. The van der Waals surface area contributed by atoms with Crippen LogP contribution in [0.3, 0.4) is 0 Å². The quantitative estimate of drug-likeness (QED) is 0.780. The monoisotopic (exact) mass is 294 g/mol. The Morgan fingerprint density at radius 1 is 1.11 bits per heavy atom. The van der Waals surface area contributed by atoms with Crippen molar-refractivity contribution in [2.45, 2.75) is 6.42 Å². The Balaban J connectivity index is 2.20. The second kappa shape index (κ2) is 6.09. The van der Waals surface area contributed by atoms with Crippen LogP contribution in [0, 0.1) is 0 Å². The van der Waals surface area contributed by atoms with Crippen LogP contribution >= 0.6 is 23.2 Å². The lowest BCUT2D eigenvalue weighted by molar-refractivity contribution is 0.0993. The van der Waals surface area contributed by atoms with Crippen LogP contribution in [-0.4, -0.2) is 12.9 Å². The van der Waals surface area contributed by atoms with Crippen molar-refractivity contribution in [2.24, 2.45) is 0 Å². The number of hydrogen-bond donors (Lipinski definition) is 0. The van der Waals surface area contributed by atoms with Gasteiger partial charge in [-0.3, -0.25) is 4.79 Å². The van der Waals surface area contributed by atoms with E-state index in [0.29, 0.717) is 15.6 Å². The number of carbonyl (C=O) groups is 1. The van der Waals surface area contributed by atoms with Crippen molar-refractivity contribution in [1.29, 1.82) is 0 Å². The minimum Gasteiger partial charge on any atom is -0.497 e. The van der Waals surface area contributed by atoms with E-state index in [0.717, 1.165) is 11.3 Å². The molecule has 0 heterocycles. The van der Waals surface area contributed by atoms with Crippen molar-refractivity contribution < 1.29 is 9.53 Å². The number of Topliss-reactive ketones (excluding diaryl/α,β-unsaturated/α-hetero) is 1. The minimum absolute atomic E-state index is 0.0300. The first-order chi connectivity index (χ1) is 9.08. The molecule has 0 unspecified atom stereocenters. The average Bonchev–Trinajstić information content (AvgIpc) is 2.37. The summed E-state index contributed by atoms with van der Waals surface area (Å²) in [5, 5.41) is 0.919. The second-order valence-electron chi connectivity index (χ2n) is 4.11. The fourth-order valence-corrected chi connectivity index (χ4v) is 2.31. The Hall–Kier alpha value is -1.51. The average molecular weight is 295 g/mol. The van der Waals surface area contributed by atoms with Gasteiger partial charge in [-0.15, -0.1) is 0 Å². The van der Waals surface area contributed by atoms with E-state index in [9.17, 15) is 4.79 Å². The summed E-state index contributed by atoms with van der Waals surface area (Å²) in [4.78, 5) is 12.2. The largest absolute Gasteiger partial charge is 0.497 e. The van der Waals surface area contributed by atoms with Gasteiger partial charge in [0, 0.05) is 22.0 Å². The number of carbonyl (C=O) groups excluding carboxylic acids is 1. The van der Waals surface area contributed by atoms with Gasteiger partial charge in [-0.2, -0.15) is 0 Å². The van der Waals surface area contributed by atoms with E-state index < -0.39 is 0 Å². The van der Waals surface area contributed by atoms with Gasteiger partial charge in [0.25, 0.3) is 0 Å². The smallest absolute Gasteiger partial charge is 0.167 e. The molecule has 0 spiro atoms. The summed E-state index contributed by atoms with van der Waals surface area (Å²) in [6.07, 6.45) is 0.286. The maximum atomic E-state index is 12.2. The van der Waals surface area contributed by atoms with Crippen molar-refractivity contribution in [3.8, 4) is 5.75 Å². The highest BCUT2D eigenvalue weighted by atomic mass is 35.5. The predicted molar refractivity (Wildman–Crippen MR) is 77.5 cm³/mol. The summed E-state index contributed by atoms with van der Waals surface area (Å²) in [6, 6.07) is 12.3. The number of ketones is 1. The van der Waals surface area contributed by atoms with Crippen LogP contribution < -0.4 is 4.74 Å². The van der Waals surface area contributed by atoms with Crippen molar-refractivity contribution in [3.63, 3.8) is 0 Å². The van der Waals surface area contributed by atoms with Crippen LogP contribution in [0.15, 0.2) is 42.5 Å². The maximum Gasteiger partial charge on any atom is 0.167 e. The Morgan fingerprint density at radius 2 is 1.79 bits per heavy atom. The molecule has 0 aromatic heterocycles. The zero-order chi connectivity index (χ0) is 13.8. The molecule has 2 nitrogen and oxygen atoms in total. The topological polar surface area (TPSA) is 26.3 Å². The van der Waals surface area contributed by atoms with Crippen LogP contribution in [0.4, 0.5) is 0 Å². The van der Waals surface area contributed by atoms with E-state index in [1.54, 1.807) is 25.3 Å². The normalized spacial score (nSPS) is 10.3. The van der Waals surface area contributed by atoms with Gasteiger partial charge in [-0.05, 0) is 35.9 Å². The van der Waals surface area contributed by atoms with Crippen molar-refractivity contribution in [3.05, 3.63) is 63.6 Å². The van der Waals surface area contributed by atoms with Gasteiger partial charge in [-0.25, -0.2) is 0 Å². The standard InChI is InChI=1S/C15H12Cl2O2/c1-19-14-4-2-3-10(5-14)6-15(18)11-7-12(16)9-13(17)8-11/h2-5,7-9H,6H2,1H3. The molecule has 19 heavy (non-hydrogen) atoms. The van der Waals surface area contributed by atoms with Gasteiger partial charge in [0.15, 0.2) is 5.78 Å². The molecule has 0 aliphatic heterocycles. The molecule has 0 bridgehead atoms. The molecule has 0 fully saturated rings. The lowest BCUT2D eigenvalue weighted by atomic mass is 10.0. The molecule has 2 rings (SSSR count). The summed E-state index contributed by atoms with van der Waals surface area (Å²) in [5.74, 6) is 0.701. The molecule has 0 amide bonds. The van der Waals surface area contributed by atoms with E-state index in [1.165, 1.54) is 0 Å². The third kappa shape index (κ3) is 3.72. The van der Waals surface area contributed by atoms with Crippen molar-refractivity contribution >= 4 is 29.0 Å². The fraction of sp³-hybridized carbons (Fsp3) is 0.133. The Kier molecular flexibility index (Phi) is 4.46. The number of ether oxygens (including phenoxy) is 1. The highest BCUT2D eigenvalue weighted by molar-refractivity contribution is 6.35. The molecule has 0 saturated carbocycles. The number of hydrogen-bond acceptors (Lipinski definition) is 2.